The lowest BCUT2D eigenvalue weighted by atomic mass is 10.2. The first-order valence-electron chi connectivity index (χ1n) is 6.67. The van der Waals surface area contributed by atoms with E-state index in [2.05, 4.69) is 12.2 Å². The molecular formula is C14H22N2O2. The number of benzene rings is 1. The molecule has 0 aromatic heterocycles. The summed E-state index contributed by atoms with van der Waals surface area (Å²) in [6.45, 7) is 4.52. The summed E-state index contributed by atoms with van der Waals surface area (Å²) in [5.41, 5.74) is 7.58. The first kappa shape index (κ1) is 13.0. The van der Waals surface area contributed by atoms with Crippen molar-refractivity contribution in [2.45, 2.75) is 32.3 Å². The van der Waals surface area contributed by atoms with Gasteiger partial charge in [-0.15, -0.1) is 0 Å². The van der Waals surface area contributed by atoms with E-state index in [4.69, 9.17) is 15.2 Å². The molecule has 1 unspecified atom stereocenters. The van der Waals surface area contributed by atoms with Gasteiger partial charge in [0.1, 0.15) is 5.75 Å². The average Bonchev–Trinajstić information content (AvgIpc) is 2.86. The third-order valence-electron chi connectivity index (χ3n) is 2.96. The fraction of sp³-hybridized carbons (Fsp3) is 0.571. The number of nitrogens with two attached hydrogens (primary N) is 1. The lowest BCUT2D eigenvalue weighted by molar-refractivity contribution is 0.120. The number of ether oxygens (including phenoxy) is 2. The molecule has 0 saturated carbocycles. The topological polar surface area (TPSA) is 56.5 Å². The molecule has 0 radical (unpaired) electrons. The van der Waals surface area contributed by atoms with Gasteiger partial charge in [-0.2, -0.15) is 0 Å². The second-order valence-electron chi connectivity index (χ2n) is 4.66. The Morgan fingerprint density at radius 2 is 2.33 bits per heavy atom. The molecule has 18 heavy (non-hydrogen) atoms. The normalized spacial score (nSPS) is 18.8. The highest BCUT2D eigenvalue weighted by Gasteiger charge is 2.14. The molecule has 1 saturated heterocycles. The van der Waals surface area contributed by atoms with Gasteiger partial charge in [-0.1, -0.05) is 6.92 Å². The maximum absolute atomic E-state index is 5.86. The fourth-order valence-corrected chi connectivity index (χ4v) is 2.06. The molecule has 1 heterocycles. The van der Waals surface area contributed by atoms with Gasteiger partial charge in [-0.05, 0) is 25.3 Å². The molecule has 0 amide bonds. The molecule has 4 heteroatoms. The summed E-state index contributed by atoms with van der Waals surface area (Å²) >= 11 is 0. The van der Waals surface area contributed by atoms with Crippen molar-refractivity contribution >= 4 is 11.4 Å². The average molecular weight is 250 g/mol. The monoisotopic (exact) mass is 250 g/mol. The maximum Gasteiger partial charge on any atom is 0.123 e. The van der Waals surface area contributed by atoms with Crippen molar-refractivity contribution in [2.75, 3.05) is 30.8 Å². The molecule has 1 aliphatic rings. The minimum Gasteiger partial charge on any atom is -0.493 e. The van der Waals surface area contributed by atoms with E-state index in [9.17, 15) is 0 Å². The van der Waals surface area contributed by atoms with Crippen LogP contribution in [0.4, 0.5) is 11.4 Å². The van der Waals surface area contributed by atoms with Gasteiger partial charge in [0, 0.05) is 36.7 Å². The summed E-state index contributed by atoms with van der Waals surface area (Å²) in [7, 11) is 0. The molecule has 0 aliphatic carbocycles. The van der Waals surface area contributed by atoms with Crippen molar-refractivity contribution in [3.8, 4) is 5.75 Å². The molecule has 1 aromatic carbocycles. The van der Waals surface area contributed by atoms with Gasteiger partial charge in [-0.25, -0.2) is 0 Å². The SMILES string of the molecule is CCCOc1cc(N)cc(NCC2CCCO2)c1. The summed E-state index contributed by atoms with van der Waals surface area (Å²) < 4.78 is 11.2. The van der Waals surface area contributed by atoms with E-state index in [1.165, 1.54) is 0 Å². The zero-order valence-electron chi connectivity index (χ0n) is 10.9. The van der Waals surface area contributed by atoms with Gasteiger partial charge < -0.3 is 20.5 Å². The molecule has 1 aliphatic heterocycles. The van der Waals surface area contributed by atoms with E-state index in [0.29, 0.717) is 12.7 Å². The van der Waals surface area contributed by atoms with Crippen molar-refractivity contribution in [1.82, 2.24) is 0 Å². The Hall–Kier alpha value is -1.42. The molecule has 100 valence electrons. The van der Waals surface area contributed by atoms with Crippen molar-refractivity contribution in [1.29, 1.82) is 0 Å². The Kier molecular flexibility index (Phi) is 4.70. The molecule has 0 spiro atoms. The van der Waals surface area contributed by atoms with Gasteiger partial charge >= 0.3 is 0 Å². The Bertz CT molecular complexity index is 376. The molecule has 1 aromatic rings. The van der Waals surface area contributed by atoms with E-state index in [-0.39, 0.29) is 0 Å². The van der Waals surface area contributed by atoms with Gasteiger partial charge in [0.15, 0.2) is 0 Å². The van der Waals surface area contributed by atoms with Crippen molar-refractivity contribution in [3.63, 3.8) is 0 Å². The van der Waals surface area contributed by atoms with Crippen molar-refractivity contribution in [2.24, 2.45) is 0 Å². The van der Waals surface area contributed by atoms with Crippen molar-refractivity contribution < 1.29 is 9.47 Å². The number of nitrogens with one attached hydrogen (secondary N) is 1. The third kappa shape index (κ3) is 3.81. The van der Waals surface area contributed by atoms with Crippen LogP contribution in [0, 0.1) is 0 Å². The highest BCUT2D eigenvalue weighted by atomic mass is 16.5. The summed E-state index contributed by atoms with van der Waals surface area (Å²) in [4.78, 5) is 0. The van der Waals surface area contributed by atoms with Crippen LogP contribution in [-0.4, -0.2) is 25.9 Å². The van der Waals surface area contributed by atoms with E-state index in [1.807, 2.05) is 18.2 Å². The molecule has 4 nitrogen and oxygen atoms in total. The zero-order valence-corrected chi connectivity index (χ0v) is 10.9. The van der Waals surface area contributed by atoms with Gasteiger partial charge in [0.05, 0.1) is 12.7 Å². The minimum atomic E-state index is 0.325. The van der Waals surface area contributed by atoms with Crippen LogP contribution in [0.15, 0.2) is 18.2 Å². The Morgan fingerprint density at radius 1 is 1.44 bits per heavy atom. The minimum absolute atomic E-state index is 0.325. The van der Waals surface area contributed by atoms with Crippen LogP contribution >= 0.6 is 0 Å². The molecule has 0 bridgehead atoms. The predicted molar refractivity (Wildman–Crippen MR) is 74.1 cm³/mol. The van der Waals surface area contributed by atoms with E-state index in [0.717, 1.165) is 49.5 Å². The predicted octanol–water partition coefficient (Wildman–Crippen LogP) is 2.65. The summed E-state index contributed by atoms with van der Waals surface area (Å²) in [6.07, 6.45) is 3.61. The standard InChI is InChI=1S/C14H22N2O2/c1-2-5-17-14-8-11(15)7-12(9-14)16-10-13-4-3-6-18-13/h7-9,13,16H,2-6,10,15H2,1H3. The van der Waals surface area contributed by atoms with E-state index < -0.39 is 0 Å². The van der Waals surface area contributed by atoms with Crippen LogP contribution in [-0.2, 0) is 4.74 Å². The van der Waals surface area contributed by atoms with Crippen molar-refractivity contribution in [3.05, 3.63) is 18.2 Å². The number of hydrogen-bond donors (Lipinski definition) is 2. The largest absolute Gasteiger partial charge is 0.493 e. The van der Waals surface area contributed by atoms with Gasteiger partial charge in [0.25, 0.3) is 0 Å². The van der Waals surface area contributed by atoms with Crippen LogP contribution < -0.4 is 15.8 Å². The third-order valence-corrected chi connectivity index (χ3v) is 2.96. The summed E-state index contributed by atoms with van der Waals surface area (Å²) in [5, 5.41) is 3.36. The van der Waals surface area contributed by atoms with Crippen LogP contribution in [0.1, 0.15) is 26.2 Å². The molecule has 1 fully saturated rings. The first-order valence-corrected chi connectivity index (χ1v) is 6.67. The van der Waals surface area contributed by atoms with Crippen LogP contribution in [0.25, 0.3) is 0 Å². The zero-order chi connectivity index (χ0) is 12.8. The molecule has 2 rings (SSSR count). The smallest absolute Gasteiger partial charge is 0.123 e. The molecular weight excluding hydrogens is 228 g/mol. The molecule has 3 N–H and O–H groups in total. The second-order valence-corrected chi connectivity index (χ2v) is 4.66. The lowest BCUT2D eigenvalue weighted by Gasteiger charge is -2.14. The van der Waals surface area contributed by atoms with E-state index >= 15 is 0 Å². The van der Waals surface area contributed by atoms with Crippen LogP contribution in [0.2, 0.25) is 0 Å². The number of anilines is 2. The van der Waals surface area contributed by atoms with Crippen LogP contribution in [0.5, 0.6) is 5.75 Å². The number of nitrogen functional groups attached to an aromatic ring is 1. The summed E-state index contributed by atoms with van der Waals surface area (Å²) in [6, 6.07) is 5.77. The van der Waals surface area contributed by atoms with E-state index in [1.54, 1.807) is 0 Å². The molecule has 1 atom stereocenters. The Morgan fingerprint density at radius 3 is 3.06 bits per heavy atom. The first-order chi connectivity index (χ1) is 8.78. The highest BCUT2D eigenvalue weighted by molar-refractivity contribution is 5.59. The maximum atomic E-state index is 5.86. The second kappa shape index (κ2) is 6.50. The lowest BCUT2D eigenvalue weighted by Crippen LogP contribution is -2.18. The summed E-state index contributed by atoms with van der Waals surface area (Å²) in [5.74, 6) is 0.826. The van der Waals surface area contributed by atoms with Gasteiger partial charge in [0.2, 0.25) is 0 Å². The Labute approximate surface area is 108 Å². The number of rotatable bonds is 6. The quantitative estimate of drug-likeness (QED) is 0.762. The highest BCUT2D eigenvalue weighted by Crippen LogP contribution is 2.23. The fourth-order valence-electron chi connectivity index (χ4n) is 2.06. The van der Waals surface area contributed by atoms with Crippen LogP contribution in [0.3, 0.4) is 0 Å². The number of hydrogen-bond acceptors (Lipinski definition) is 4. The van der Waals surface area contributed by atoms with Gasteiger partial charge in [-0.3, -0.25) is 0 Å². The Balaban J connectivity index is 1.91.